The van der Waals surface area contributed by atoms with Crippen molar-refractivity contribution in [1.29, 1.82) is 5.26 Å². The van der Waals surface area contributed by atoms with E-state index >= 15 is 0 Å². The molecule has 0 aliphatic heterocycles. The lowest BCUT2D eigenvalue weighted by Gasteiger charge is -2.15. The molecule has 1 atom stereocenters. The van der Waals surface area contributed by atoms with Gasteiger partial charge < -0.3 is 5.73 Å². The third-order valence-electron chi connectivity index (χ3n) is 4.62. The number of aryl methyl sites for hydroxylation is 1. The number of hydrogen-bond acceptors (Lipinski definition) is 5. The Hall–Kier alpha value is -3.56. The molecular weight excluding hydrogens is 336 g/mol. The van der Waals surface area contributed by atoms with Gasteiger partial charge in [-0.1, -0.05) is 30.3 Å². The van der Waals surface area contributed by atoms with E-state index in [9.17, 15) is 0 Å². The van der Waals surface area contributed by atoms with Gasteiger partial charge in [-0.05, 0) is 23.8 Å². The number of rotatable bonds is 4. The largest absolute Gasteiger partial charge is 0.324 e. The highest BCUT2D eigenvalue weighted by atomic mass is 15.3. The minimum atomic E-state index is -0.262. The minimum Gasteiger partial charge on any atom is -0.324 e. The first-order valence-electron chi connectivity index (χ1n) is 8.65. The van der Waals surface area contributed by atoms with Gasteiger partial charge in [0.1, 0.15) is 17.5 Å². The van der Waals surface area contributed by atoms with Gasteiger partial charge in [0, 0.05) is 42.4 Å². The molecule has 0 aliphatic rings. The lowest BCUT2D eigenvalue weighted by molar-refractivity contribution is 0.706. The van der Waals surface area contributed by atoms with Crippen molar-refractivity contribution in [1.82, 2.24) is 19.7 Å². The van der Waals surface area contributed by atoms with Crippen LogP contribution in [-0.2, 0) is 13.5 Å². The van der Waals surface area contributed by atoms with Crippen molar-refractivity contribution in [2.75, 3.05) is 0 Å². The van der Waals surface area contributed by atoms with Crippen molar-refractivity contribution in [2.45, 2.75) is 12.5 Å². The Balaban J connectivity index is 1.75. The Labute approximate surface area is 156 Å². The molecule has 4 aromatic rings. The second-order valence-electron chi connectivity index (χ2n) is 6.39. The standard InChI is InChI=1S/C21H18N6/c1-27-20-13-24-10-9-18(20)21(26-27)17-8-3-2-7-16(17)19(23)11-14-5-4-6-15(12-22)25-14/h2-10,13,19H,11,23H2,1H3. The van der Waals surface area contributed by atoms with Gasteiger partial charge in [0.2, 0.25) is 0 Å². The summed E-state index contributed by atoms with van der Waals surface area (Å²) in [6.07, 6.45) is 4.12. The van der Waals surface area contributed by atoms with Crippen molar-refractivity contribution in [3.63, 3.8) is 0 Å². The maximum atomic E-state index is 9.05. The van der Waals surface area contributed by atoms with Crippen molar-refractivity contribution >= 4 is 10.9 Å². The molecule has 1 unspecified atom stereocenters. The number of nitrogens with zero attached hydrogens (tertiary/aromatic N) is 5. The summed E-state index contributed by atoms with van der Waals surface area (Å²) < 4.78 is 1.83. The average Bonchev–Trinajstić information content (AvgIpc) is 3.05. The van der Waals surface area contributed by atoms with Crippen LogP contribution in [0.25, 0.3) is 22.2 Å². The predicted molar refractivity (Wildman–Crippen MR) is 104 cm³/mol. The summed E-state index contributed by atoms with van der Waals surface area (Å²) in [5.74, 6) is 0. The Morgan fingerprint density at radius 3 is 2.85 bits per heavy atom. The zero-order valence-corrected chi connectivity index (χ0v) is 14.9. The summed E-state index contributed by atoms with van der Waals surface area (Å²) in [6.45, 7) is 0. The van der Waals surface area contributed by atoms with Crippen molar-refractivity contribution in [3.05, 3.63) is 77.9 Å². The van der Waals surface area contributed by atoms with Gasteiger partial charge in [0.05, 0.1) is 11.7 Å². The number of pyridine rings is 2. The van der Waals surface area contributed by atoms with Gasteiger partial charge in [-0.3, -0.25) is 9.67 Å². The number of fused-ring (bicyclic) bond motifs is 1. The van der Waals surface area contributed by atoms with Crippen LogP contribution in [0.2, 0.25) is 0 Å². The molecule has 6 nitrogen and oxygen atoms in total. The first kappa shape index (κ1) is 16.9. The summed E-state index contributed by atoms with van der Waals surface area (Å²) in [6, 6.07) is 17.2. The van der Waals surface area contributed by atoms with Gasteiger partial charge >= 0.3 is 0 Å². The number of benzene rings is 1. The van der Waals surface area contributed by atoms with E-state index < -0.39 is 0 Å². The minimum absolute atomic E-state index is 0.262. The maximum Gasteiger partial charge on any atom is 0.140 e. The molecule has 0 saturated carbocycles. The maximum absolute atomic E-state index is 9.05. The van der Waals surface area contributed by atoms with E-state index in [1.165, 1.54) is 0 Å². The van der Waals surface area contributed by atoms with E-state index in [0.717, 1.165) is 33.4 Å². The van der Waals surface area contributed by atoms with E-state index in [1.54, 1.807) is 12.3 Å². The normalized spacial score (nSPS) is 12.0. The molecule has 1 aromatic carbocycles. The fraction of sp³-hybridized carbons (Fsp3) is 0.143. The molecule has 4 rings (SSSR count). The van der Waals surface area contributed by atoms with Crippen LogP contribution < -0.4 is 5.73 Å². The highest BCUT2D eigenvalue weighted by Crippen LogP contribution is 2.32. The molecule has 3 aromatic heterocycles. The van der Waals surface area contributed by atoms with E-state index in [1.807, 2.05) is 60.4 Å². The van der Waals surface area contributed by atoms with Crippen molar-refractivity contribution in [2.24, 2.45) is 12.8 Å². The van der Waals surface area contributed by atoms with Crippen LogP contribution in [0.5, 0.6) is 0 Å². The fourth-order valence-electron chi connectivity index (χ4n) is 3.33. The SMILES string of the molecule is Cn1nc(-c2ccccc2C(N)Cc2cccc(C#N)n2)c2ccncc21. The van der Waals surface area contributed by atoms with Crippen LogP contribution in [0.4, 0.5) is 0 Å². The summed E-state index contributed by atoms with van der Waals surface area (Å²) in [7, 11) is 1.91. The molecule has 0 aliphatic carbocycles. The molecule has 2 N–H and O–H groups in total. The van der Waals surface area contributed by atoms with Gasteiger partial charge in [-0.2, -0.15) is 10.4 Å². The molecule has 0 spiro atoms. The zero-order valence-electron chi connectivity index (χ0n) is 14.9. The molecule has 0 radical (unpaired) electrons. The lowest BCUT2D eigenvalue weighted by Crippen LogP contribution is -2.15. The van der Waals surface area contributed by atoms with E-state index in [2.05, 4.69) is 16.0 Å². The summed E-state index contributed by atoms with van der Waals surface area (Å²) >= 11 is 0. The fourth-order valence-corrected chi connectivity index (χ4v) is 3.33. The zero-order chi connectivity index (χ0) is 18.8. The highest BCUT2D eigenvalue weighted by Gasteiger charge is 2.18. The van der Waals surface area contributed by atoms with Crippen LogP contribution in [0.1, 0.15) is 23.0 Å². The van der Waals surface area contributed by atoms with E-state index in [-0.39, 0.29) is 6.04 Å². The van der Waals surface area contributed by atoms with E-state index in [4.69, 9.17) is 16.1 Å². The lowest BCUT2D eigenvalue weighted by atomic mass is 9.94. The van der Waals surface area contributed by atoms with Crippen LogP contribution >= 0.6 is 0 Å². The second kappa shape index (κ2) is 6.98. The molecule has 0 bridgehead atoms. The topological polar surface area (TPSA) is 93.4 Å². The number of nitrogens with two attached hydrogens (primary N) is 1. The first-order chi connectivity index (χ1) is 13.2. The second-order valence-corrected chi connectivity index (χ2v) is 6.39. The molecule has 3 heterocycles. The third-order valence-corrected chi connectivity index (χ3v) is 4.62. The Kier molecular flexibility index (Phi) is 4.37. The van der Waals surface area contributed by atoms with Crippen molar-refractivity contribution < 1.29 is 0 Å². The Morgan fingerprint density at radius 2 is 2.00 bits per heavy atom. The van der Waals surface area contributed by atoms with Gasteiger partial charge in [-0.25, -0.2) is 4.98 Å². The smallest absolute Gasteiger partial charge is 0.140 e. The molecule has 0 amide bonds. The molecule has 27 heavy (non-hydrogen) atoms. The third kappa shape index (κ3) is 3.16. The summed E-state index contributed by atoms with van der Waals surface area (Å²) in [4.78, 5) is 8.53. The molecular formula is C21H18N6. The molecule has 132 valence electrons. The van der Waals surface area contributed by atoms with Crippen LogP contribution in [0.15, 0.2) is 60.9 Å². The molecule has 0 fully saturated rings. The van der Waals surface area contributed by atoms with Crippen LogP contribution in [-0.4, -0.2) is 19.7 Å². The number of hydrogen-bond donors (Lipinski definition) is 1. The van der Waals surface area contributed by atoms with Gasteiger partial charge in [0.25, 0.3) is 0 Å². The van der Waals surface area contributed by atoms with Crippen LogP contribution in [0, 0.1) is 11.3 Å². The van der Waals surface area contributed by atoms with Crippen LogP contribution in [0.3, 0.4) is 0 Å². The number of nitriles is 1. The van der Waals surface area contributed by atoms with Gasteiger partial charge in [-0.15, -0.1) is 0 Å². The molecule has 6 heteroatoms. The molecule has 0 saturated heterocycles. The van der Waals surface area contributed by atoms with E-state index in [0.29, 0.717) is 12.1 Å². The Bertz CT molecular complexity index is 1150. The predicted octanol–water partition coefficient (Wildman–Crippen LogP) is 3.14. The summed E-state index contributed by atoms with van der Waals surface area (Å²) in [5.41, 5.74) is 11.6. The monoisotopic (exact) mass is 354 g/mol. The summed E-state index contributed by atoms with van der Waals surface area (Å²) in [5, 5.41) is 14.8. The van der Waals surface area contributed by atoms with Crippen molar-refractivity contribution in [3.8, 4) is 17.3 Å². The average molecular weight is 354 g/mol. The first-order valence-corrected chi connectivity index (χ1v) is 8.65. The number of aromatic nitrogens is 4. The van der Waals surface area contributed by atoms with Gasteiger partial charge in [0.15, 0.2) is 0 Å². The highest BCUT2D eigenvalue weighted by molar-refractivity contribution is 5.93. The quantitative estimate of drug-likeness (QED) is 0.608. The Morgan fingerprint density at radius 1 is 1.15 bits per heavy atom.